The lowest BCUT2D eigenvalue weighted by Crippen LogP contribution is -2.12. The highest BCUT2D eigenvalue weighted by Crippen LogP contribution is 2.28. The van der Waals surface area contributed by atoms with Gasteiger partial charge < -0.3 is 4.74 Å². The van der Waals surface area contributed by atoms with Crippen LogP contribution in [0.25, 0.3) is 5.69 Å². The van der Waals surface area contributed by atoms with E-state index in [9.17, 15) is 4.79 Å². The van der Waals surface area contributed by atoms with Crippen molar-refractivity contribution in [2.75, 3.05) is 0 Å². The van der Waals surface area contributed by atoms with E-state index in [-0.39, 0.29) is 11.4 Å². The van der Waals surface area contributed by atoms with Gasteiger partial charge in [0.15, 0.2) is 0 Å². The highest BCUT2D eigenvalue weighted by molar-refractivity contribution is 6.42. The molecule has 1 heterocycles. The van der Waals surface area contributed by atoms with Gasteiger partial charge in [0.2, 0.25) is 5.88 Å². The van der Waals surface area contributed by atoms with Crippen molar-refractivity contribution in [3.8, 4) is 11.6 Å². The van der Waals surface area contributed by atoms with E-state index in [4.69, 9.17) is 39.5 Å². The summed E-state index contributed by atoms with van der Waals surface area (Å²) in [7, 11) is 0. The Balaban J connectivity index is 1.99. The number of esters is 1. The largest absolute Gasteiger partial charge is 0.404 e. The van der Waals surface area contributed by atoms with Crippen molar-refractivity contribution in [3.63, 3.8) is 0 Å². The number of benzene rings is 2. The summed E-state index contributed by atoms with van der Waals surface area (Å²) in [6, 6.07) is 13.5. The molecule has 7 heteroatoms. The molecule has 0 unspecified atom stereocenters. The molecule has 3 aromatic rings. The molecular formula is C18H13Cl3N2O2. The number of aryl methyl sites for hydroxylation is 1. The fourth-order valence-electron chi connectivity index (χ4n) is 2.23. The average molecular weight is 396 g/mol. The van der Waals surface area contributed by atoms with E-state index in [0.29, 0.717) is 27.2 Å². The van der Waals surface area contributed by atoms with Crippen LogP contribution in [0.3, 0.4) is 0 Å². The van der Waals surface area contributed by atoms with Gasteiger partial charge in [-0.3, -0.25) is 0 Å². The van der Waals surface area contributed by atoms with E-state index in [1.165, 1.54) is 4.68 Å². The highest BCUT2D eigenvalue weighted by atomic mass is 35.5. The maximum atomic E-state index is 12.4. The number of halogens is 3. The fraction of sp³-hybridized carbons (Fsp3) is 0.111. The van der Waals surface area contributed by atoms with Crippen LogP contribution in [0.15, 0.2) is 48.5 Å². The molecule has 0 aliphatic carbocycles. The third kappa shape index (κ3) is 3.82. The topological polar surface area (TPSA) is 44.1 Å². The van der Waals surface area contributed by atoms with Crippen molar-refractivity contribution in [1.29, 1.82) is 0 Å². The lowest BCUT2D eigenvalue weighted by atomic mass is 10.2. The summed E-state index contributed by atoms with van der Waals surface area (Å²) in [4.78, 5) is 12.4. The highest BCUT2D eigenvalue weighted by Gasteiger charge is 2.18. The maximum absolute atomic E-state index is 12.4. The van der Waals surface area contributed by atoms with Crippen LogP contribution in [0, 0.1) is 0 Å². The monoisotopic (exact) mass is 394 g/mol. The van der Waals surface area contributed by atoms with Crippen molar-refractivity contribution in [2.24, 2.45) is 0 Å². The van der Waals surface area contributed by atoms with Gasteiger partial charge in [-0.1, -0.05) is 53.9 Å². The average Bonchev–Trinajstić information content (AvgIpc) is 3.00. The molecule has 128 valence electrons. The van der Waals surface area contributed by atoms with Crippen LogP contribution >= 0.6 is 34.8 Å². The summed E-state index contributed by atoms with van der Waals surface area (Å²) in [6.07, 6.45) is 0.685. The molecule has 0 aliphatic rings. The Labute approximate surface area is 159 Å². The molecule has 25 heavy (non-hydrogen) atoms. The summed E-state index contributed by atoms with van der Waals surface area (Å²) in [5.74, 6) is -0.283. The molecule has 0 atom stereocenters. The molecular weight excluding hydrogens is 383 g/mol. The number of nitrogens with zero attached hydrogens (tertiary/aromatic N) is 2. The minimum Gasteiger partial charge on any atom is -0.404 e. The van der Waals surface area contributed by atoms with Crippen molar-refractivity contribution < 1.29 is 9.53 Å². The summed E-state index contributed by atoms with van der Waals surface area (Å²) >= 11 is 18.1. The Kier molecular flexibility index (Phi) is 5.33. The van der Waals surface area contributed by atoms with Gasteiger partial charge >= 0.3 is 5.97 Å². The van der Waals surface area contributed by atoms with Crippen LogP contribution in [-0.2, 0) is 6.42 Å². The molecule has 0 fully saturated rings. The predicted molar refractivity (Wildman–Crippen MR) is 99.4 cm³/mol. The van der Waals surface area contributed by atoms with Crippen LogP contribution in [0.1, 0.15) is 23.0 Å². The standard InChI is InChI=1S/C18H13Cl3N2O2/c1-2-11-9-17(25-18(24)13-5-3-4-6-14(13)19)23(22-11)12-7-8-15(20)16(21)10-12/h3-10H,2H2,1H3. The van der Waals surface area contributed by atoms with Crippen LogP contribution in [0.2, 0.25) is 15.1 Å². The van der Waals surface area contributed by atoms with Gasteiger partial charge in [-0.05, 0) is 36.8 Å². The minimum atomic E-state index is -0.561. The summed E-state index contributed by atoms with van der Waals surface area (Å²) < 4.78 is 7.03. The molecule has 0 spiro atoms. The summed E-state index contributed by atoms with van der Waals surface area (Å²) in [5, 5.41) is 5.59. The predicted octanol–water partition coefficient (Wildman–Crippen LogP) is 5.61. The summed E-state index contributed by atoms with van der Waals surface area (Å²) in [5.41, 5.74) is 1.69. The number of carbonyl (C=O) groups is 1. The van der Waals surface area contributed by atoms with Gasteiger partial charge in [0.1, 0.15) is 0 Å². The van der Waals surface area contributed by atoms with Crippen molar-refractivity contribution in [3.05, 3.63) is 74.9 Å². The van der Waals surface area contributed by atoms with Crippen LogP contribution in [0.5, 0.6) is 5.88 Å². The second-order valence-electron chi connectivity index (χ2n) is 5.21. The zero-order valence-corrected chi connectivity index (χ0v) is 15.4. The molecule has 0 saturated heterocycles. The SMILES string of the molecule is CCc1cc(OC(=O)c2ccccc2Cl)n(-c2ccc(Cl)c(Cl)c2)n1. The molecule has 3 rings (SSSR count). The Morgan fingerprint density at radius 2 is 1.80 bits per heavy atom. The van der Waals surface area contributed by atoms with E-state index < -0.39 is 5.97 Å². The second-order valence-corrected chi connectivity index (χ2v) is 6.43. The van der Waals surface area contributed by atoms with Crippen molar-refractivity contribution >= 4 is 40.8 Å². The van der Waals surface area contributed by atoms with E-state index >= 15 is 0 Å². The van der Waals surface area contributed by atoms with Gasteiger partial charge in [0.05, 0.1) is 32.0 Å². The van der Waals surface area contributed by atoms with Gasteiger partial charge in [0, 0.05) is 6.07 Å². The summed E-state index contributed by atoms with van der Waals surface area (Å²) in [6.45, 7) is 1.96. The first kappa shape index (κ1) is 17.8. The molecule has 1 aromatic heterocycles. The number of aromatic nitrogens is 2. The zero-order valence-electron chi connectivity index (χ0n) is 13.2. The van der Waals surface area contributed by atoms with E-state index in [1.807, 2.05) is 6.92 Å². The van der Waals surface area contributed by atoms with Gasteiger partial charge in [0.25, 0.3) is 0 Å². The van der Waals surface area contributed by atoms with E-state index in [2.05, 4.69) is 5.10 Å². The third-order valence-electron chi connectivity index (χ3n) is 3.53. The minimum absolute atomic E-state index is 0.278. The Bertz CT molecular complexity index is 938. The second kappa shape index (κ2) is 7.48. The number of carbonyl (C=O) groups excluding carboxylic acids is 1. The van der Waals surface area contributed by atoms with E-state index in [1.54, 1.807) is 48.5 Å². The Hall–Kier alpha value is -2.01. The number of rotatable bonds is 4. The molecule has 0 N–H and O–H groups in total. The molecule has 4 nitrogen and oxygen atoms in total. The van der Waals surface area contributed by atoms with Gasteiger partial charge in [-0.25, -0.2) is 9.48 Å². The fourth-order valence-corrected chi connectivity index (χ4v) is 2.74. The zero-order chi connectivity index (χ0) is 18.0. The van der Waals surface area contributed by atoms with Gasteiger partial charge in [-0.2, -0.15) is 5.10 Å². The molecule has 2 aromatic carbocycles. The van der Waals surface area contributed by atoms with Crippen molar-refractivity contribution in [1.82, 2.24) is 9.78 Å². The third-order valence-corrected chi connectivity index (χ3v) is 4.60. The lowest BCUT2D eigenvalue weighted by Gasteiger charge is -2.09. The first-order valence-electron chi connectivity index (χ1n) is 7.50. The number of ether oxygens (including phenoxy) is 1. The van der Waals surface area contributed by atoms with Gasteiger partial charge in [-0.15, -0.1) is 0 Å². The molecule has 0 saturated carbocycles. The van der Waals surface area contributed by atoms with Crippen LogP contribution in [-0.4, -0.2) is 15.7 Å². The van der Waals surface area contributed by atoms with Crippen molar-refractivity contribution in [2.45, 2.75) is 13.3 Å². The number of hydrogen-bond donors (Lipinski definition) is 0. The lowest BCUT2D eigenvalue weighted by molar-refractivity contribution is 0.0723. The first-order chi connectivity index (χ1) is 12.0. The van der Waals surface area contributed by atoms with Crippen LogP contribution in [0.4, 0.5) is 0 Å². The van der Waals surface area contributed by atoms with Crippen LogP contribution < -0.4 is 4.74 Å². The smallest absolute Gasteiger partial charge is 0.346 e. The van der Waals surface area contributed by atoms with E-state index in [0.717, 1.165) is 5.69 Å². The molecule has 0 aliphatic heterocycles. The molecule has 0 radical (unpaired) electrons. The molecule has 0 bridgehead atoms. The molecule has 0 amide bonds. The first-order valence-corrected chi connectivity index (χ1v) is 8.64. The maximum Gasteiger partial charge on any atom is 0.346 e. The Morgan fingerprint density at radius 3 is 2.48 bits per heavy atom. The normalized spacial score (nSPS) is 10.7. The Morgan fingerprint density at radius 1 is 1.04 bits per heavy atom. The number of hydrogen-bond acceptors (Lipinski definition) is 3. The quantitative estimate of drug-likeness (QED) is 0.539.